The van der Waals surface area contributed by atoms with E-state index in [1.54, 1.807) is 36.1 Å². The third-order valence-electron chi connectivity index (χ3n) is 3.96. The number of nitrogens with one attached hydrogen (secondary N) is 1. The Morgan fingerprint density at radius 2 is 1.96 bits per heavy atom. The van der Waals surface area contributed by atoms with Gasteiger partial charge in [-0.3, -0.25) is 4.79 Å². The van der Waals surface area contributed by atoms with Gasteiger partial charge in [0.1, 0.15) is 18.1 Å². The van der Waals surface area contributed by atoms with Gasteiger partial charge in [-0.05, 0) is 53.2 Å². The van der Waals surface area contributed by atoms with E-state index in [1.165, 1.54) is 0 Å². The zero-order valence-electron chi connectivity index (χ0n) is 15.3. The lowest BCUT2D eigenvalue weighted by molar-refractivity contribution is 0.0950. The highest BCUT2D eigenvalue weighted by Gasteiger charge is 2.09. The molecule has 140 valence electrons. The van der Waals surface area contributed by atoms with Crippen LogP contribution in [0.2, 0.25) is 0 Å². The maximum Gasteiger partial charge on any atom is 0.251 e. The molecular formula is C19H21N5O3. The number of nitrogens with zero attached hydrogens (tertiary/aromatic N) is 4. The van der Waals surface area contributed by atoms with Crippen molar-refractivity contribution in [3.05, 3.63) is 65.5 Å². The summed E-state index contributed by atoms with van der Waals surface area (Å²) in [4.78, 5) is 12.4. The van der Waals surface area contributed by atoms with E-state index in [4.69, 9.17) is 9.47 Å². The first-order chi connectivity index (χ1) is 13.2. The summed E-state index contributed by atoms with van der Waals surface area (Å²) in [6.45, 7) is 3.26. The van der Waals surface area contributed by atoms with Gasteiger partial charge in [0, 0.05) is 18.7 Å². The van der Waals surface area contributed by atoms with E-state index in [9.17, 15) is 4.79 Å². The third kappa shape index (κ3) is 4.81. The van der Waals surface area contributed by atoms with E-state index in [2.05, 4.69) is 20.8 Å². The Balaban J connectivity index is 1.59. The Bertz CT molecular complexity index is 910. The zero-order valence-corrected chi connectivity index (χ0v) is 15.3. The number of carbonyl (C=O) groups is 1. The SMILES string of the molecule is CCn1nnnc1COc1cccc(C(=O)NCc2cccc(OC)c2)c1. The van der Waals surface area contributed by atoms with E-state index < -0.39 is 0 Å². The van der Waals surface area contributed by atoms with Crippen molar-refractivity contribution in [2.45, 2.75) is 26.6 Å². The second kappa shape index (κ2) is 8.79. The highest BCUT2D eigenvalue weighted by atomic mass is 16.5. The summed E-state index contributed by atoms with van der Waals surface area (Å²) in [7, 11) is 1.61. The van der Waals surface area contributed by atoms with E-state index in [1.807, 2.05) is 31.2 Å². The molecule has 27 heavy (non-hydrogen) atoms. The van der Waals surface area contributed by atoms with Crippen LogP contribution in [0.25, 0.3) is 0 Å². The fourth-order valence-corrected chi connectivity index (χ4v) is 2.51. The summed E-state index contributed by atoms with van der Waals surface area (Å²) in [6.07, 6.45) is 0. The molecule has 1 aromatic heterocycles. The topological polar surface area (TPSA) is 91.2 Å². The van der Waals surface area contributed by atoms with Crippen molar-refractivity contribution >= 4 is 5.91 Å². The van der Waals surface area contributed by atoms with Crippen LogP contribution in [0.3, 0.4) is 0 Å². The number of benzene rings is 2. The fraction of sp³-hybridized carbons (Fsp3) is 0.263. The molecule has 0 unspecified atom stereocenters. The van der Waals surface area contributed by atoms with Crippen LogP contribution < -0.4 is 14.8 Å². The number of aromatic nitrogens is 4. The van der Waals surface area contributed by atoms with Gasteiger partial charge in [-0.15, -0.1) is 5.10 Å². The average Bonchev–Trinajstić information content (AvgIpc) is 3.18. The lowest BCUT2D eigenvalue weighted by Gasteiger charge is -2.09. The molecule has 8 nitrogen and oxygen atoms in total. The van der Waals surface area contributed by atoms with Crippen LogP contribution in [0.5, 0.6) is 11.5 Å². The number of tetrazole rings is 1. The molecule has 0 aliphatic heterocycles. The Labute approximate surface area is 157 Å². The van der Waals surface area contributed by atoms with Crippen LogP contribution in [0.15, 0.2) is 48.5 Å². The van der Waals surface area contributed by atoms with Crippen molar-refractivity contribution in [1.82, 2.24) is 25.5 Å². The van der Waals surface area contributed by atoms with Crippen LogP contribution in [-0.2, 0) is 19.7 Å². The molecule has 0 aliphatic rings. The van der Waals surface area contributed by atoms with Gasteiger partial charge >= 0.3 is 0 Å². The standard InChI is InChI=1S/C19H21N5O3/c1-3-24-18(21-22-23-24)13-27-17-9-5-7-15(11-17)19(25)20-12-14-6-4-8-16(10-14)26-2/h4-11H,3,12-13H2,1-2H3,(H,20,25). The second-order valence-corrected chi connectivity index (χ2v) is 5.76. The van der Waals surface area contributed by atoms with Crippen molar-refractivity contribution in [3.8, 4) is 11.5 Å². The maximum absolute atomic E-state index is 12.4. The lowest BCUT2D eigenvalue weighted by atomic mass is 10.2. The van der Waals surface area contributed by atoms with Crippen molar-refractivity contribution in [3.63, 3.8) is 0 Å². The minimum absolute atomic E-state index is 0.179. The van der Waals surface area contributed by atoms with Gasteiger partial charge in [0.2, 0.25) is 0 Å². The minimum Gasteiger partial charge on any atom is -0.497 e. The van der Waals surface area contributed by atoms with Crippen molar-refractivity contribution in [2.24, 2.45) is 0 Å². The summed E-state index contributed by atoms with van der Waals surface area (Å²) in [5.41, 5.74) is 1.48. The van der Waals surface area contributed by atoms with E-state index in [0.717, 1.165) is 11.3 Å². The van der Waals surface area contributed by atoms with E-state index >= 15 is 0 Å². The van der Waals surface area contributed by atoms with Crippen molar-refractivity contribution in [1.29, 1.82) is 0 Å². The largest absolute Gasteiger partial charge is 0.497 e. The Morgan fingerprint density at radius 1 is 1.15 bits per heavy atom. The molecule has 0 radical (unpaired) electrons. The van der Waals surface area contributed by atoms with Crippen LogP contribution in [-0.4, -0.2) is 33.2 Å². The smallest absolute Gasteiger partial charge is 0.251 e. The highest BCUT2D eigenvalue weighted by molar-refractivity contribution is 5.94. The molecule has 0 spiro atoms. The summed E-state index contributed by atoms with van der Waals surface area (Å²) in [5.74, 6) is 1.79. The fourth-order valence-electron chi connectivity index (χ4n) is 2.51. The predicted molar refractivity (Wildman–Crippen MR) is 98.4 cm³/mol. The molecule has 1 heterocycles. The highest BCUT2D eigenvalue weighted by Crippen LogP contribution is 2.16. The molecule has 0 aliphatic carbocycles. The van der Waals surface area contributed by atoms with Crippen LogP contribution >= 0.6 is 0 Å². The number of carbonyl (C=O) groups excluding carboxylic acids is 1. The molecule has 3 rings (SSSR count). The normalized spacial score (nSPS) is 10.4. The minimum atomic E-state index is -0.179. The molecule has 0 saturated heterocycles. The van der Waals surface area contributed by atoms with Gasteiger partial charge in [-0.2, -0.15) is 0 Å². The number of ether oxygens (including phenoxy) is 2. The summed E-state index contributed by atoms with van der Waals surface area (Å²) in [5, 5.41) is 14.3. The monoisotopic (exact) mass is 367 g/mol. The quantitative estimate of drug-likeness (QED) is 0.656. The number of aryl methyl sites for hydroxylation is 1. The Hall–Kier alpha value is -3.42. The number of hydrogen-bond donors (Lipinski definition) is 1. The number of rotatable bonds is 8. The number of methoxy groups -OCH3 is 1. The van der Waals surface area contributed by atoms with Gasteiger partial charge in [-0.25, -0.2) is 4.68 Å². The van der Waals surface area contributed by atoms with Crippen molar-refractivity contribution in [2.75, 3.05) is 7.11 Å². The first kappa shape index (κ1) is 18.4. The molecule has 0 atom stereocenters. The van der Waals surface area contributed by atoms with Crippen LogP contribution in [0.4, 0.5) is 0 Å². The van der Waals surface area contributed by atoms with Crippen LogP contribution in [0.1, 0.15) is 28.7 Å². The molecule has 8 heteroatoms. The summed E-state index contributed by atoms with van der Waals surface area (Å²) < 4.78 is 12.6. The van der Waals surface area contributed by atoms with Crippen LogP contribution in [0, 0.1) is 0 Å². The first-order valence-corrected chi connectivity index (χ1v) is 8.58. The predicted octanol–water partition coefficient (Wildman–Crippen LogP) is 2.21. The van der Waals surface area contributed by atoms with E-state index in [0.29, 0.717) is 30.2 Å². The number of amides is 1. The molecule has 0 saturated carbocycles. The summed E-state index contributed by atoms with van der Waals surface area (Å²) >= 11 is 0. The third-order valence-corrected chi connectivity index (χ3v) is 3.96. The van der Waals surface area contributed by atoms with Gasteiger partial charge in [0.25, 0.3) is 5.91 Å². The lowest BCUT2D eigenvalue weighted by Crippen LogP contribution is -2.22. The molecular weight excluding hydrogens is 346 g/mol. The van der Waals surface area contributed by atoms with Gasteiger partial charge in [0.05, 0.1) is 7.11 Å². The van der Waals surface area contributed by atoms with Crippen molar-refractivity contribution < 1.29 is 14.3 Å². The average molecular weight is 367 g/mol. The van der Waals surface area contributed by atoms with E-state index in [-0.39, 0.29) is 12.5 Å². The molecule has 0 fully saturated rings. The first-order valence-electron chi connectivity index (χ1n) is 8.58. The Morgan fingerprint density at radius 3 is 2.78 bits per heavy atom. The number of hydrogen-bond acceptors (Lipinski definition) is 6. The molecule has 1 amide bonds. The van der Waals surface area contributed by atoms with Gasteiger partial charge in [-0.1, -0.05) is 18.2 Å². The molecule has 1 N–H and O–H groups in total. The van der Waals surface area contributed by atoms with Gasteiger partial charge < -0.3 is 14.8 Å². The second-order valence-electron chi connectivity index (χ2n) is 5.76. The maximum atomic E-state index is 12.4. The molecule has 3 aromatic rings. The Kier molecular flexibility index (Phi) is 5.98. The molecule has 0 bridgehead atoms. The summed E-state index contributed by atoms with van der Waals surface area (Å²) in [6, 6.07) is 14.6. The molecule has 2 aromatic carbocycles. The zero-order chi connectivity index (χ0) is 19.1. The van der Waals surface area contributed by atoms with Gasteiger partial charge in [0.15, 0.2) is 5.82 Å².